The van der Waals surface area contributed by atoms with E-state index in [4.69, 9.17) is 9.16 Å². The average molecular weight is 607 g/mol. The van der Waals surface area contributed by atoms with Crippen molar-refractivity contribution in [2.45, 2.75) is 111 Å². The van der Waals surface area contributed by atoms with Crippen molar-refractivity contribution in [3.05, 3.63) is 28.5 Å². The number of nitrogens with zero attached hydrogens (tertiary/aromatic N) is 1. The standard InChI is InChI=1S/C27H48BrNO5SSi/c1-24(2,3)34-23(30)27(9,21-14-12-15-22(28)29-21)17-13-16-26(7,8)20-35(31,32)19-18-33-36(10,11)25(4,5)6/h12,14-15H,13,16-20H2,1-11H3. The van der Waals surface area contributed by atoms with Gasteiger partial charge in [-0.15, -0.1) is 0 Å². The molecule has 0 fully saturated rings. The maximum Gasteiger partial charge on any atom is 0.318 e. The zero-order chi connectivity index (χ0) is 28.2. The average Bonchev–Trinajstić information content (AvgIpc) is 2.64. The van der Waals surface area contributed by atoms with E-state index >= 15 is 0 Å². The van der Waals surface area contributed by atoms with E-state index in [1.54, 1.807) is 0 Å². The molecule has 0 spiro atoms. The van der Waals surface area contributed by atoms with Gasteiger partial charge in [-0.3, -0.25) is 4.79 Å². The lowest BCUT2D eigenvalue weighted by atomic mass is 9.78. The summed E-state index contributed by atoms with van der Waals surface area (Å²) in [7, 11) is -5.27. The monoisotopic (exact) mass is 605 g/mol. The van der Waals surface area contributed by atoms with Crippen LogP contribution in [-0.4, -0.2) is 51.4 Å². The molecule has 1 aromatic rings. The number of halogens is 1. The van der Waals surface area contributed by atoms with Crippen LogP contribution in [0, 0.1) is 5.41 Å². The third kappa shape index (κ3) is 10.5. The Morgan fingerprint density at radius 2 is 1.58 bits per heavy atom. The molecule has 1 heterocycles. The smallest absolute Gasteiger partial charge is 0.318 e. The van der Waals surface area contributed by atoms with Crippen molar-refractivity contribution in [3.63, 3.8) is 0 Å². The quantitative estimate of drug-likeness (QED) is 0.144. The van der Waals surface area contributed by atoms with Gasteiger partial charge in [0.25, 0.3) is 0 Å². The van der Waals surface area contributed by atoms with E-state index in [9.17, 15) is 13.2 Å². The van der Waals surface area contributed by atoms with E-state index in [-0.39, 0.29) is 29.1 Å². The molecule has 0 N–H and O–H groups in total. The predicted octanol–water partition coefficient (Wildman–Crippen LogP) is 7.08. The van der Waals surface area contributed by atoms with E-state index in [1.165, 1.54) is 0 Å². The van der Waals surface area contributed by atoms with Crippen LogP contribution in [0.25, 0.3) is 0 Å². The van der Waals surface area contributed by atoms with Gasteiger partial charge in [0.1, 0.15) is 15.6 Å². The zero-order valence-corrected chi connectivity index (χ0v) is 27.7. The van der Waals surface area contributed by atoms with Gasteiger partial charge >= 0.3 is 5.97 Å². The minimum Gasteiger partial charge on any atom is -0.459 e. The van der Waals surface area contributed by atoms with Crippen LogP contribution in [0.15, 0.2) is 22.8 Å². The Morgan fingerprint density at radius 3 is 2.08 bits per heavy atom. The van der Waals surface area contributed by atoms with Crippen LogP contribution < -0.4 is 0 Å². The summed E-state index contributed by atoms with van der Waals surface area (Å²) in [6.07, 6.45) is 1.82. The molecule has 9 heteroatoms. The molecule has 208 valence electrons. The second kappa shape index (κ2) is 12.0. The van der Waals surface area contributed by atoms with E-state index in [2.05, 4.69) is 54.8 Å². The van der Waals surface area contributed by atoms with Crippen molar-refractivity contribution in [3.8, 4) is 0 Å². The summed E-state index contributed by atoms with van der Waals surface area (Å²) in [5.41, 5.74) is -1.36. The molecule has 0 amide bonds. The van der Waals surface area contributed by atoms with E-state index in [0.29, 0.717) is 29.6 Å². The summed E-state index contributed by atoms with van der Waals surface area (Å²) >= 11 is 3.40. The molecule has 1 atom stereocenters. The minimum absolute atomic E-state index is 0.0283. The highest BCUT2D eigenvalue weighted by Gasteiger charge is 2.41. The van der Waals surface area contributed by atoms with Crippen molar-refractivity contribution in [2.24, 2.45) is 5.41 Å². The van der Waals surface area contributed by atoms with Gasteiger partial charge in [0.2, 0.25) is 0 Å². The molecule has 1 rings (SSSR count). The Hall–Kier alpha value is -0.773. The van der Waals surface area contributed by atoms with Crippen molar-refractivity contribution < 1.29 is 22.4 Å². The number of aromatic nitrogens is 1. The summed E-state index contributed by atoms with van der Waals surface area (Å²) in [6.45, 7) is 22.3. The number of carbonyl (C=O) groups excluding carboxylic acids is 1. The van der Waals surface area contributed by atoms with Gasteiger partial charge in [0.15, 0.2) is 18.2 Å². The van der Waals surface area contributed by atoms with Crippen molar-refractivity contribution in [2.75, 3.05) is 18.1 Å². The Balaban J connectivity index is 2.87. The number of hydrogen-bond donors (Lipinski definition) is 0. The molecule has 0 radical (unpaired) electrons. The molecule has 0 aliphatic heterocycles. The topological polar surface area (TPSA) is 82.6 Å². The lowest BCUT2D eigenvalue weighted by Gasteiger charge is -2.36. The fraction of sp³-hybridized carbons (Fsp3) is 0.778. The van der Waals surface area contributed by atoms with Gasteiger partial charge in [-0.1, -0.05) is 47.1 Å². The maximum atomic E-state index is 13.3. The summed E-state index contributed by atoms with van der Waals surface area (Å²) < 4.78 is 38.3. The Labute approximate surface area is 229 Å². The van der Waals surface area contributed by atoms with Gasteiger partial charge in [-0.05, 0) is 92.1 Å². The highest BCUT2D eigenvalue weighted by molar-refractivity contribution is 9.10. The van der Waals surface area contributed by atoms with Gasteiger partial charge in [-0.25, -0.2) is 13.4 Å². The summed E-state index contributed by atoms with van der Waals surface area (Å²) in [5, 5.41) is 0.0417. The van der Waals surface area contributed by atoms with Gasteiger partial charge in [-0.2, -0.15) is 0 Å². The third-order valence-electron chi connectivity index (χ3n) is 6.93. The van der Waals surface area contributed by atoms with Gasteiger partial charge < -0.3 is 9.16 Å². The van der Waals surface area contributed by atoms with Gasteiger partial charge in [0.05, 0.1) is 17.2 Å². The van der Waals surface area contributed by atoms with E-state index in [1.807, 2.05) is 59.7 Å². The Morgan fingerprint density at radius 1 is 1.00 bits per heavy atom. The predicted molar refractivity (Wildman–Crippen MR) is 155 cm³/mol. The van der Waals surface area contributed by atoms with E-state index < -0.39 is 34.6 Å². The molecule has 1 unspecified atom stereocenters. The van der Waals surface area contributed by atoms with E-state index in [0.717, 1.165) is 0 Å². The number of ether oxygens (including phenoxy) is 1. The lowest BCUT2D eigenvalue weighted by Crippen LogP contribution is -2.42. The Kier molecular flexibility index (Phi) is 11.0. The number of carbonyl (C=O) groups is 1. The van der Waals surface area contributed by atoms with Crippen molar-refractivity contribution in [1.82, 2.24) is 4.98 Å². The number of sulfone groups is 1. The van der Waals surface area contributed by atoms with Crippen LogP contribution in [0.5, 0.6) is 0 Å². The number of hydrogen-bond acceptors (Lipinski definition) is 6. The van der Waals surface area contributed by atoms with Crippen molar-refractivity contribution >= 4 is 40.1 Å². The van der Waals surface area contributed by atoms with Crippen LogP contribution in [0.3, 0.4) is 0 Å². The number of rotatable bonds is 12. The fourth-order valence-corrected chi connectivity index (χ4v) is 7.10. The highest BCUT2D eigenvalue weighted by atomic mass is 79.9. The summed E-state index contributed by atoms with van der Waals surface area (Å²) in [5.74, 6) is -0.214. The second-order valence-corrected chi connectivity index (χ2v) is 21.2. The minimum atomic E-state index is -3.28. The van der Waals surface area contributed by atoms with Gasteiger partial charge in [0, 0.05) is 6.61 Å². The fourth-order valence-electron chi connectivity index (χ4n) is 3.74. The summed E-state index contributed by atoms with van der Waals surface area (Å²) in [4.78, 5) is 17.8. The van der Waals surface area contributed by atoms with Crippen LogP contribution in [0.4, 0.5) is 0 Å². The molecule has 36 heavy (non-hydrogen) atoms. The molecule has 0 aliphatic rings. The molecule has 1 aromatic heterocycles. The van der Waals surface area contributed by atoms with Crippen LogP contribution in [-0.2, 0) is 29.2 Å². The first-order valence-corrected chi connectivity index (χ1v) is 18.2. The molecular weight excluding hydrogens is 558 g/mol. The number of pyridine rings is 1. The molecule has 0 saturated carbocycles. The van der Waals surface area contributed by atoms with Crippen molar-refractivity contribution in [1.29, 1.82) is 0 Å². The third-order valence-corrected chi connectivity index (χ3v) is 13.9. The largest absolute Gasteiger partial charge is 0.459 e. The second-order valence-electron chi connectivity index (χ2n) is 13.4. The maximum absolute atomic E-state index is 13.3. The highest BCUT2D eigenvalue weighted by Crippen LogP contribution is 2.37. The SMILES string of the molecule is CC(C)(CCCC(C)(C(=O)OC(C)(C)C)c1cccc(Br)n1)CS(=O)(=O)CCO[Si](C)(C)C(C)(C)C. The van der Waals surface area contributed by atoms with Crippen LogP contribution in [0.1, 0.15) is 87.3 Å². The molecule has 0 aliphatic carbocycles. The van der Waals surface area contributed by atoms with Crippen LogP contribution in [0.2, 0.25) is 18.1 Å². The normalized spacial score (nSPS) is 15.4. The molecule has 0 aromatic carbocycles. The first kappa shape index (κ1) is 33.3. The molecule has 0 saturated heterocycles. The molecule has 0 bridgehead atoms. The molecular formula is C27H48BrNO5SSi. The number of esters is 1. The first-order valence-electron chi connectivity index (χ1n) is 12.7. The lowest BCUT2D eigenvalue weighted by molar-refractivity contribution is -0.162. The summed E-state index contributed by atoms with van der Waals surface area (Å²) in [6, 6.07) is 5.52. The molecule has 6 nitrogen and oxygen atoms in total. The Bertz CT molecular complexity index is 996. The zero-order valence-electron chi connectivity index (χ0n) is 24.2. The van der Waals surface area contributed by atoms with Crippen LogP contribution >= 0.6 is 15.9 Å². The first-order chi connectivity index (χ1) is 16.0.